The Morgan fingerprint density at radius 2 is 1.69 bits per heavy atom. The fourth-order valence-corrected chi connectivity index (χ4v) is 2.11. The van der Waals surface area contributed by atoms with E-state index in [2.05, 4.69) is 0 Å². The van der Waals surface area contributed by atoms with Crippen molar-refractivity contribution >= 4 is 23.2 Å². The Balaban J connectivity index is 2.61. The molecule has 0 aliphatic heterocycles. The minimum atomic E-state index is -0.725. The molecule has 2 unspecified atom stereocenters. The first kappa shape index (κ1) is 13.8. The van der Waals surface area contributed by atoms with Crippen LogP contribution in [0.4, 0.5) is 0 Å². The maximum atomic E-state index is 9.62. The molecule has 4 heteroatoms. The normalized spacial score (nSPS) is 14.8. The van der Waals surface area contributed by atoms with Crippen LogP contribution in [0.2, 0.25) is 10.0 Å². The van der Waals surface area contributed by atoms with E-state index in [1.807, 2.05) is 6.92 Å². The quantitative estimate of drug-likeness (QED) is 0.857. The Morgan fingerprint density at radius 1 is 1.12 bits per heavy atom. The van der Waals surface area contributed by atoms with E-state index in [1.54, 1.807) is 18.2 Å². The third-order valence-corrected chi connectivity index (χ3v) is 3.32. The van der Waals surface area contributed by atoms with Gasteiger partial charge in [-0.25, -0.2) is 0 Å². The van der Waals surface area contributed by atoms with Gasteiger partial charge < -0.3 is 10.2 Å². The molecule has 1 rings (SSSR count). The molecule has 0 aromatic heterocycles. The second-order valence-electron chi connectivity index (χ2n) is 3.78. The minimum absolute atomic E-state index is 0.457. The number of hydrogen-bond acceptors (Lipinski definition) is 2. The first-order valence-corrected chi connectivity index (χ1v) is 6.10. The zero-order valence-electron chi connectivity index (χ0n) is 9.16. The molecule has 0 radical (unpaired) electrons. The molecule has 1 aromatic rings. The van der Waals surface area contributed by atoms with Gasteiger partial charge in [-0.2, -0.15) is 0 Å². The van der Waals surface area contributed by atoms with Crippen LogP contribution < -0.4 is 0 Å². The van der Waals surface area contributed by atoms with Crippen molar-refractivity contribution in [3.05, 3.63) is 33.8 Å². The van der Waals surface area contributed by atoms with Crippen LogP contribution in [0.25, 0.3) is 0 Å². The molecule has 0 saturated carbocycles. The first-order chi connectivity index (χ1) is 7.56. The Kier molecular flexibility index (Phi) is 5.56. The predicted molar refractivity (Wildman–Crippen MR) is 67.1 cm³/mol. The fraction of sp³-hybridized carbons (Fsp3) is 0.500. The van der Waals surface area contributed by atoms with E-state index in [-0.39, 0.29) is 0 Å². The topological polar surface area (TPSA) is 40.5 Å². The molecule has 0 amide bonds. The highest BCUT2D eigenvalue weighted by Crippen LogP contribution is 2.26. The molecule has 0 bridgehead atoms. The van der Waals surface area contributed by atoms with Gasteiger partial charge in [0.05, 0.1) is 12.2 Å². The van der Waals surface area contributed by atoms with Crippen LogP contribution >= 0.6 is 23.2 Å². The Labute approximate surface area is 106 Å². The summed E-state index contributed by atoms with van der Waals surface area (Å²) in [5.74, 6) is 0. The van der Waals surface area contributed by atoms with Gasteiger partial charge in [0.25, 0.3) is 0 Å². The van der Waals surface area contributed by atoms with E-state index in [0.29, 0.717) is 29.3 Å². The molecule has 2 atom stereocenters. The van der Waals surface area contributed by atoms with E-state index in [4.69, 9.17) is 23.2 Å². The molecule has 16 heavy (non-hydrogen) atoms. The zero-order chi connectivity index (χ0) is 12.1. The summed E-state index contributed by atoms with van der Waals surface area (Å²) in [6, 6.07) is 5.32. The van der Waals surface area contributed by atoms with Crippen molar-refractivity contribution in [3.63, 3.8) is 0 Å². The van der Waals surface area contributed by atoms with Crippen molar-refractivity contribution in [1.82, 2.24) is 0 Å². The van der Waals surface area contributed by atoms with Gasteiger partial charge >= 0.3 is 0 Å². The predicted octanol–water partition coefficient (Wildman–Crippen LogP) is 3.06. The van der Waals surface area contributed by atoms with Crippen LogP contribution in [0.5, 0.6) is 0 Å². The van der Waals surface area contributed by atoms with Crippen molar-refractivity contribution in [2.45, 2.75) is 38.4 Å². The standard InChI is InChI=1S/C12H16Cl2O2/c1-2-11(15)12(16)7-6-8-9(13)4-3-5-10(8)14/h3-5,11-12,15-16H,2,6-7H2,1H3. The van der Waals surface area contributed by atoms with Gasteiger partial charge in [-0.05, 0) is 37.0 Å². The lowest BCUT2D eigenvalue weighted by Crippen LogP contribution is -2.25. The summed E-state index contributed by atoms with van der Waals surface area (Å²) in [6.07, 6.45) is 0.158. The van der Waals surface area contributed by atoms with Crippen LogP contribution in [0, 0.1) is 0 Å². The molecule has 2 N–H and O–H groups in total. The summed E-state index contributed by atoms with van der Waals surface area (Å²) in [7, 11) is 0. The van der Waals surface area contributed by atoms with Gasteiger partial charge in [-0.1, -0.05) is 36.2 Å². The highest BCUT2D eigenvalue weighted by molar-refractivity contribution is 6.35. The van der Waals surface area contributed by atoms with Crippen molar-refractivity contribution in [3.8, 4) is 0 Å². The van der Waals surface area contributed by atoms with Crippen LogP contribution in [0.3, 0.4) is 0 Å². The van der Waals surface area contributed by atoms with Gasteiger partial charge in [0.2, 0.25) is 0 Å². The number of aliphatic hydroxyl groups excluding tert-OH is 2. The Morgan fingerprint density at radius 3 is 2.19 bits per heavy atom. The maximum absolute atomic E-state index is 9.62. The minimum Gasteiger partial charge on any atom is -0.390 e. The lowest BCUT2D eigenvalue weighted by Gasteiger charge is -2.16. The van der Waals surface area contributed by atoms with Gasteiger partial charge in [0.15, 0.2) is 0 Å². The lowest BCUT2D eigenvalue weighted by molar-refractivity contribution is 0.0130. The molecule has 0 heterocycles. The molecule has 0 saturated heterocycles. The van der Waals surface area contributed by atoms with E-state index < -0.39 is 12.2 Å². The van der Waals surface area contributed by atoms with E-state index >= 15 is 0 Å². The number of aliphatic hydroxyl groups is 2. The molecule has 2 nitrogen and oxygen atoms in total. The molecule has 0 spiro atoms. The highest BCUT2D eigenvalue weighted by Gasteiger charge is 2.15. The van der Waals surface area contributed by atoms with E-state index in [1.165, 1.54) is 0 Å². The fourth-order valence-electron chi connectivity index (χ4n) is 1.53. The van der Waals surface area contributed by atoms with Gasteiger partial charge in [-0.3, -0.25) is 0 Å². The van der Waals surface area contributed by atoms with Crippen LogP contribution in [-0.2, 0) is 6.42 Å². The second-order valence-corrected chi connectivity index (χ2v) is 4.60. The van der Waals surface area contributed by atoms with Crippen molar-refractivity contribution in [2.24, 2.45) is 0 Å². The molecule has 0 fully saturated rings. The Hall–Kier alpha value is -0.280. The van der Waals surface area contributed by atoms with Crippen molar-refractivity contribution < 1.29 is 10.2 Å². The molecule has 0 aliphatic carbocycles. The van der Waals surface area contributed by atoms with Crippen molar-refractivity contribution in [1.29, 1.82) is 0 Å². The van der Waals surface area contributed by atoms with Gasteiger partial charge in [0, 0.05) is 10.0 Å². The Bertz CT molecular complexity index is 322. The summed E-state index contributed by atoms with van der Waals surface area (Å²) in [5.41, 5.74) is 0.827. The van der Waals surface area contributed by atoms with E-state index in [9.17, 15) is 10.2 Å². The summed E-state index contributed by atoms with van der Waals surface area (Å²) in [5, 5.41) is 20.3. The number of rotatable bonds is 5. The average Bonchev–Trinajstić information content (AvgIpc) is 2.27. The van der Waals surface area contributed by atoms with Crippen LogP contribution in [-0.4, -0.2) is 22.4 Å². The summed E-state index contributed by atoms with van der Waals surface area (Å²) in [4.78, 5) is 0. The summed E-state index contributed by atoms with van der Waals surface area (Å²) >= 11 is 12.0. The number of hydrogen-bond donors (Lipinski definition) is 2. The van der Waals surface area contributed by atoms with Gasteiger partial charge in [0.1, 0.15) is 0 Å². The second kappa shape index (κ2) is 6.45. The van der Waals surface area contributed by atoms with Crippen molar-refractivity contribution in [2.75, 3.05) is 0 Å². The third kappa shape index (κ3) is 3.63. The molecular weight excluding hydrogens is 247 g/mol. The molecule has 0 aliphatic rings. The van der Waals surface area contributed by atoms with E-state index in [0.717, 1.165) is 5.56 Å². The number of halogens is 2. The third-order valence-electron chi connectivity index (χ3n) is 2.61. The number of benzene rings is 1. The highest BCUT2D eigenvalue weighted by atomic mass is 35.5. The average molecular weight is 263 g/mol. The summed E-state index contributed by atoms with van der Waals surface area (Å²) in [6.45, 7) is 1.83. The zero-order valence-corrected chi connectivity index (χ0v) is 10.7. The molecule has 1 aromatic carbocycles. The lowest BCUT2D eigenvalue weighted by atomic mass is 10.0. The van der Waals surface area contributed by atoms with Crippen LogP contribution in [0.15, 0.2) is 18.2 Å². The first-order valence-electron chi connectivity index (χ1n) is 5.35. The van der Waals surface area contributed by atoms with Crippen LogP contribution in [0.1, 0.15) is 25.3 Å². The molecule has 90 valence electrons. The smallest absolute Gasteiger partial charge is 0.0802 e. The summed E-state index contributed by atoms with van der Waals surface area (Å²) < 4.78 is 0. The van der Waals surface area contributed by atoms with Gasteiger partial charge in [-0.15, -0.1) is 0 Å². The molecular formula is C12H16Cl2O2. The maximum Gasteiger partial charge on any atom is 0.0802 e. The largest absolute Gasteiger partial charge is 0.390 e. The monoisotopic (exact) mass is 262 g/mol. The SMILES string of the molecule is CCC(O)C(O)CCc1c(Cl)cccc1Cl.